The van der Waals surface area contributed by atoms with E-state index < -0.39 is 0 Å². The van der Waals surface area contributed by atoms with Crippen LogP contribution in [0.15, 0.2) is 206 Å². The fourth-order valence-corrected chi connectivity index (χ4v) is 9.50. The van der Waals surface area contributed by atoms with E-state index in [2.05, 4.69) is 216 Å². The number of fused-ring (bicyclic) bond motifs is 8. The van der Waals surface area contributed by atoms with E-state index in [4.69, 9.17) is 0 Å². The number of rotatable bonds is 6. The smallest absolute Gasteiger partial charge is 0.0619 e. The number of hydrogen-bond acceptors (Lipinski definition) is 2. The number of hydrogen-bond donors (Lipinski definition) is 0. The van der Waals surface area contributed by atoms with Gasteiger partial charge < -0.3 is 9.47 Å². The summed E-state index contributed by atoms with van der Waals surface area (Å²) in [5, 5.41) is 7.68. The molecule has 0 radical (unpaired) electrons. The number of aromatic nitrogens is 1. The zero-order valence-corrected chi connectivity index (χ0v) is 30.7. The summed E-state index contributed by atoms with van der Waals surface area (Å²) in [5.74, 6) is 0. The first-order valence-electron chi connectivity index (χ1n) is 18.8. The molecular formula is C52H34N2S. The summed E-state index contributed by atoms with van der Waals surface area (Å²) in [6.07, 6.45) is 0. The largest absolute Gasteiger partial charge is 0.310 e. The Morgan fingerprint density at radius 2 is 0.945 bits per heavy atom. The molecule has 0 saturated heterocycles. The molecule has 9 aromatic carbocycles. The normalized spacial score (nSPS) is 11.6. The Morgan fingerprint density at radius 3 is 1.78 bits per heavy atom. The van der Waals surface area contributed by atoms with Gasteiger partial charge in [-0.25, -0.2) is 0 Å². The minimum atomic E-state index is 1.11. The zero-order chi connectivity index (χ0) is 36.3. The molecule has 0 unspecified atom stereocenters. The average Bonchev–Trinajstić information content (AvgIpc) is 3.80. The van der Waals surface area contributed by atoms with Crippen molar-refractivity contribution in [2.75, 3.05) is 4.90 Å². The summed E-state index contributed by atoms with van der Waals surface area (Å²) >= 11 is 1.86. The Balaban J connectivity index is 0.993. The van der Waals surface area contributed by atoms with Gasteiger partial charge in [-0.1, -0.05) is 146 Å². The van der Waals surface area contributed by atoms with Crippen molar-refractivity contribution >= 4 is 81.1 Å². The molecule has 0 aliphatic carbocycles. The van der Waals surface area contributed by atoms with Crippen LogP contribution in [0, 0.1) is 0 Å². The first-order valence-corrected chi connectivity index (χ1v) is 19.6. The number of benzene rings is 9. The predicted octanol–water partition coefficient (Wildman–Crippen LogP) is 15.1. The lowest BCUT2D eigenvalue weighted by molar-refractivity contribution is 1.19. The molecule has 0 amide bonds. The highest BCUT2D eigenvalue weighted by Gasteiger charge is 2.17. The van der Waals surface area contributed by atoms with Crippen LogP contribution in [0.4, 0.5) is 17.1 Å². The van der Waals surface area contributed by atoms with Crippen LogP contribution >= 0.6 is 11.3 Å². The maximum Gasteiger partial charge on any atom is 0.0619 e. The zero-order valence-electron chi connectivity index (χ0n) is 29.9. The molecule has 2 nitrogen and oxygen atoms in total. The van der Waals surface area contributed by atoms with Gasteiger partial charge in [-0.05, 0) is 88.3 Å². The van der Waals surface area contributed by atoms with Crippen LogP contribution in [0.2, 0.25) is 0 Å². The number of para-hydroxylation sites is 1. The van der Waals surface area contributed by atoms with Gasteiger partial charge in [0.2, 0.25) is 0 Å². The van der Waals surface area contributed by atoms with Crippen molar-refractivity contribution in [1.29, 1.82) is 0 Å². The molecule has 3 heteroatoms. The minimum absolute atomic E-state index is 1.11. The Morgan fingerprint density at radius 1 is 0.345 bits per heavy atom. The third kappa shape index (κ3) is 5.32. The van der Waals surface area contributed by atoms with Crippen molar-refractivity contribution in [3.63, 3.8) is 0 Å². The average molecular weight is 719 g/mol. The van der Waals surface area contributed by atoms with Crippen molar-refractivity contribution in [2.24, 2.45) is 0 Å². The van der Waals surface area contributed by atoms with Gasteiger partial charge in [0.25, 0.3) is 0 Å². The van der Waals surface area contributed by atoms with Crippen LogP contribution in [0.1, 0.15) is 0 Å². The van der Waals surface area contributed by atoms with E-state index in [1.54, 1.807) is 0 Å². The van der Waals surface area contributed by atoms with Crippen molar-refractivity contribution in [2.45, 2.75) is 0 Å². The van der Waals surface area contributed by atoms with Gasteiger partial charge in [0.1, 0.15) is 0 Å². The van der Waals surface area contributed by atoms with Crippen LogP contribution in [0.25, 0.3) is 80.7 Å². The highest BCUT2D eigenvalue weighted by molar-refractivity contribution is 7.25. The Labute approximate surface area is 323 Å². The summed E-state index contributed by atoms with van der Waals surface area (Å²) in [6.45, 7) is 0. The van der Waals surface area contributed by atoms with Gasteiger partial charge in [0, 0.05) is 59.1 Å². The lowest BCUT2D eigenvalue weighted by Gasteiger charge is -2.26. The highest BCUT2D eigenvalue weighted by atomic mass is 32.1. The Bertz CT molecular complexity index is 3190. The van der Waals surface area contributed by atoms with Crippen LogP contribution in [0.3, 0.4) is 0 Å². The second kappa shape index (κ2) is 12.9. The van der Waals surface area contributed by atoms with Crippen molar-refractivity contribution < 1.29 is 0 Å². The van der Waals surface area contributed by atoms with Crippen molar-refractivity contribution in [3.05, 3.63) is 206 Å². The Hall–Kier alpha value is -6.94. The standard InChI is InChI=1S/C52H34N2S/c1-2-11-35(12-3-1)39-14-10-15-42(33-39)53(43-30-32-47-46-18-7-9-20-50(46)55-51(47)34-43)40-26-21-36(22-27-40)37-23-28-41(29-24-37)54-49-19-8-6-17-45(49)48-31-25-38-13-4-5-16-44(38)52(48)54/h1-34H. The van der Waals surface area contributed by atoms with E-state index in [-0.39, 0.29) is 0 Å². The molecule has 0 N–H and O–H groups in total. The van der Waals surface area contributed by atoms with Gasteiger partial charge >= 0.3 is 0 Å². The monoisotopic (exact) mass is 718 g/mol. The topological polar surface area (TPSA) is 8.17 Å². The lowest BCUT2D eigenvalue weighted by Crippen LogP contribution is -2.09. The minimum Gasteiger partial charge on any atom is -0.310 e. The molecule has 11 rings (SSSR count). The van der Waals surface area contributed by atoms with Gasteiger partial charge in [0.05, 0.1) is 11.0 Å². The van der Waals surface area contributed by atoms with Gasteiger partial charge in [-0.15, -0.1) is 11.3 Å². The summed E-state index contributed by atoms with van der Waals surface area (Å²) in [7, 11) is 0. The molecular weight excluding hydrogens is 685 g/mol. The molecule has 0 bridgehead atoms. The Kier molecular flexibility index (Phi) is 7.39. The van der Waals surface area contributed by atoms with Gasteiger partial charge in [0.15, 0.2) is 0 Å². The molecule has 0 aliphatic rings. The first-order chi connectivity index (χ1) is 27.3. The fraction of sp³-hybridized carbons (Fsp3) is 0. The molecule has 0 saturated carbocycles. The van der Waals surface area contributed by atoms with E-state index in [0.717, 1.165) is 22.7 Å². The molecule has 11 aromatic rings. The van der Waals surface area contributed by atoms with Crippen LogP contribution in [-0.4, -0.2) is 4.57 Å². The second-order valence-corrected chi connectivity index (χ2v) is 15.2. The maximum atomic E-state index is 2.43. The maximum absolute atomic E-state index is 2.43. The predicted molar refractivity (Wildman–Crippen MR) is 237 cm³/mol. The highest BCUT2D eigenvalue weighted by Crippen LogP contribution is 2.42. The third-order valence-electron chi connectivity index (χ3n) is 11.0. The molecule has 55 heavy (non-hydrogen) atoms. The number of thiophene rings is 1. The number of nitrogens with zero attached hydrogens (tertiary/aromatic N) is 2. The van der Waals surface area contributed by atoms with E-state index >= 15 is 0 Å². The molecule has 0 aliphatic heterocycles. The summed E-state index contributed by atoms with van der Waals surface area (Å²) in [5.41, 5.74) is 11.8. The van der Waals surface area contributed by atoms with E-state index in [9.17, 15) is 0 Å². The lowest BCUT2D eigenvalue weighted by atomic mass is 10.0. The van der Waals surface area contributed by atoms with Gasteiger partial charge in [-0.3, -0.25) is 0 Å². The van der Waals surface area contributed by atoms with E-state index in [1.165, 1.54) is 75.0 Å². The summed E-state index contributed by atoms with van der Waals surface area (Å²) in [4.78, 5) is 2.38. The summed E-state index contributed by atoms with van der Waals surface area (Å²) in [6, 6.07) is 75.1. The van der Waals surface area contributed by atoms with Crippen LogP contribution in [0.5, 0.6) is 0 Å². The molecule has 2 heterocycles. The van der Waals surface area contributed by atoms with E-state index in [0.29, 0.717) is 0 Å². The summed E-state index contributed by atoms with van der Waals surface area (Å²) < 4.78 is 5.03. The molecule has 258 valence electrons. The molecule has 0 spiro atoms. The van der Waals surface area contributed by atoms with Crippen molar-refractivity contribution in [1.82, 2.24) is 4.57 Å². The molecule has 0 fully saturated rings. The molecule has 0 atom stereocenters. The third-order valence-corrected chi connectivity index (χ3v) is 12.1. The quantitative estimate of drug-likeness (QED) is 0.166. The number of anilines is 3. The van der Waals surface area contributed by atoms with Gasteiger partial charge in [-0.2, -0.15) is 0 Å². The molecule has 2 aromatic heterocycles. The van der Waals surface area contributed by atoms with Crippen LogP contribution < -0.4 is 4.90 Å². The fourth-order valence-electron chi connectivity index (χ4n) is 8.36. The SMILES string of the molecule is c1ccc(-c2cccc(N(c3ccc(-c4ccc(-n5c6ccccc6c6ccc7ccccc7c65)cc4)cc3)c3ccc4c(c3)sc3ccccc34)c2)cc1. The van der Waals surface area contributed by atoms with Crippen molar-refractivity contribution in [3.8, 4) is 27.9 Å². The van der Waals surface area contributed by atoms with E-state index in [1.807, 2.05) is 11.3 Å². The van der Waals surface area contributed by atoms with Crippen LogP contribution in [-0.2, 0) is 0 Å². The first kappa shape index (κ1) is 31.6. The second-order valence-electron chi connectivity index (χ2n) is 14.2.